The zero-order chi connectivity index (χ0) is 11.7. The van der Waals surface area contributed by atoms with Crippen LogP contribution in [0.1, 0.15) is 5.56 Å². The summed E-state index contributed by atoms with van der Waals surface area (Å²) >= 11 is 6.40. The molecular weight excluding hydrogens is 343 g/mol. The first-order valence-electron chi connectivity index (χ1n) is 4.36. The minimum atomic E-state index is -0.304. The summed E-state index contributed by atoms with van der Waals surface area (Å²) in [6, 6.07) is 4.83. The number of halogens is 3. The quantitative estimate of drug-likeness (QED) is 0.906. The van der Waals surface area contributed by atoms with Gasteiger partial charge in [-0.05, 0) is 43.5 Å². The van der Waals surface area contributed by atoms with Crippen LogP contribution < -0.4 is 5.73 Å². The van der Waals surface area contributed by atoms with Gasteiger partial charge in [-0.2, -0.15) is 4.98 Å². The van der Waals surface area contributed by atoms with E-state index in [1.165, 1.54) is 6.07 Å². The fourth-order valence-electron chi connectivity index (χ4n) is 1.27. The normalized spacial score (nSPS) is 10.7. The van der Waals surface area contributed by atoms with Crippen LogP contribution in [0.15, 0.2) is 27.4 Å². The van der Waals surface area contributed by atoms with Gasteiger partial charge in [0.25, 0.3) is 0 Å². The van der Waals surface area contributed by atoms with Gasteiger partial charge in [0, 0.05) is 0 Å². The fourth-order valence-corrected chi connectivity index (χ4v) is 2.05. The lowest BCUT2D eigenvalue weighted by Crippen LogP contribution is -2.04. The van der Waals surface area contributed by atoms with Crippen LogP contribution in [0, 0.1) is 5.82 Å². The Kier molecular flexibility index (Phi) is 3.25. The van der Waals surface area contributed by atoms with Gasteiger partial charge in [0.1, 0.15) is 5.82 Å². The van der Waals surface area contributed by atoms with Crippen molar-refractivity contribution < 1.29 is 4.39 Å². The molecule has 0 saturated heterocycles. The van der Waals surface area contributed by atoms with Crippen molar-refractivity contribution >= 4 is 37.8 Å². The molecule has 0 radical (unpaired) electrons. The molecule has 7 heteroatoms. The second kappa shape index (κ2) is 4.50. The van der Waals surface area contributed by atoms with Gasteiger partial charge in [-0.3, -0.25) is 0 Å². The summed E-state index contributed by atoms with van der Waals surface area (Å²) in [5.74, 6) is -0.124. The van der Waals surface area contributed by atoms with Crippen LogP contribution in [-0.4, -0.2) is 14.8 Å². The molecule has 1 aromatic heterocycles. The molecule has 0 aliphatic carbocycles. The molecule has 0 fully saturated rings. The number of rotatable bonds is 2. The van der Waals surface area contributed by atoms with Gasteiger partial charge in [-0.15, -0.1) is 5.10 Å². The minimum Gasteiger partial charge on any atom is -0.366 e. The molecular formula is C9H7Br2FN4. The summed E-state index contributed by atoms with van der Waals surface area (Å²) in [7, 11) is 0. The van der Waals surface area contributed by atoms with E-state index >= 15 is 0 Å². The largest absolute Gasteiger partial charge is 0.366 e. The van der Waals surface area contributed by atoms with E-state index in [0.717, 1.165) is 5.56 Å². The van der Waals surface area contributed by atoms with Crippen molar-refractivity contribution in [3.63, 3.8) is 0 Å². The Balaban J connectivity index is 2.34. The number of benzene rings is 1. The summed E-state index contributed by atoms with van der Waals surface area (Å²) < 4.78 is 15.8. The highest BCUT2D eigenvalue weighted by molar-refractivity contribution is 9.10. The summed E-state index contributed by atoms with van der Waals surface area (Å²) in [5, 5.41) is 3.97. The van der Waals surface area contributed by atoms with Crippen molar-refractivity contribution in [1.29, 1.82) is 0 Å². The van der Waals surface area contributed by atoms with Crippen LogP contribution in [0.5, 0.6) is 0 Å². The summed E-state index contributed by atoms with van der Waals surface area (Å²) in [6.45, 7) is 0.392. The van der Waals surface area contributed by atoms with Crippen LogP contribution in [-0.2, 0) is 6.54 Å². The Labute approximate surface area is 108 Å². The first-order chi connectivity index (χ1) is 7.58. The second-order valence-corrected chi connectivity index (χ2v) is 4.61. The van der Waals surface area contributed by atoms with E-state index in [9.17, 15) is 4.39 Å². The Hall–Kier alpha value is -0.950. The van der Waals surface area contributed by atoms with E-state index in [2.05, 4.69) is 41.9 Å². The monoisotopic (exact) mass is 348 g/mol. The molecule has 1 heterocycles. The van der Waals surface area contributed by atoms with Crippen LogP contribution in [0.25, 0.3) is 0 Å². The molecule has 0 spiro atoms. The lowest BCUT2D eigenvalue weighted by Gasteiger charge is -2.05. The Morgan fingerprint density at radius 3 is 2.75 bits per heavy atom. The maximum Gasteiger partial charge on any atom is 0.240 e. The molecule has 0 unspecified atom stereocenters. The second-order valence-electron chi connectivity index (χ2n) is 3.11. The standard InChI is InChI=1S/C9H7Br2FN4/c10-7-5(2-1-3-6(7)12)4-16-8(11)14-9(13)15-16/h1-3H,4H2,(H2,13,15). The van der Waals surface area contributed by atoms with Crippen molar-refractivity contribution in [1.82, 2.24) is 14.8 Å². The molecule has 0 amide bonds. The van der Waals surface area contributed by atoms with E-state index in [4.69, 9.17) is 5.73 Å². The fraction of sp³-hybridized carbons (Fsp3) is 0.111. The van der Waals surface area contributed by atoms with E-state index in [1.54, 1.807) is 16.8 Å². The van der Waals surface area contributed by atoms with Crippen molar-refractivity contribution in [3.05, 3.63) is 38.8 Å². The molecule has 2 N–H and O–H groups in total. The number of anilines is 1. The highest BCUT2D eigenvalue weighted by Crippen LogP contribution is 2.22. The third-order valence-corrected chi connectivity index (χ3v) is 3.47. The molecule has 2 aromatic rings. The van der Waals surface area contributed by atoms with Crippen molar-refractivity contribution in [3.8, 4) is 0 Å². The average molecular weight is 350 g/mol. The molecule has 0 aliphatic heterocycles. The van der Waals surface area contributed by atoms with E-state index in [-0.39, 0.29) is 11.8 Å². The molecule has 0 aliphatic rings. The molecule has 0 atom stereocenters. The lowest BCUT2D eigenvalue weighted by molar-refractivity contribution is 0.609. The molecule has 0 saturated carbocycles. The summed E-state index contributed by atoms with van der Waals surface area (Å²) in [4.78, 5) is 3.90. The number of hydrogen-bond acceptors (Lipinski definition) is 3. The molecule has 1 aromatic carbocycles. The Bertz CT molecular complexity index is 526. The highest BCUT2D eigenvalue weighted by atomic mass is 79.9. The maximum absolute atomic E-state index is 13.3. The third kappa shape index (κ3) is 2.25. The molecule has 4 nitrogen and oxygen atoms in total. The number of hydrogen-bond donors (Lipinski definition) is 1. The van der Waals surface area contributed by atoms with Gasteiger partial charge in [-0.1, -0.05) is 12.1 Å². The average Bonchev–Trinajstić information content (AvgIpc) is 2.53. The zero-order valence-corrected chi connectivity index (χ0v) is 11.2. The van der Waals surface area contributed by atoms with Crippen LogP contribution >= 0.6 is 31.9 Å². The Morgan fingerprint density at radius 1 is 1.38 bits per heavy atom. The highest BCUT2D eigenvalue weighted by Gasteiger charge is 2.09. The number of aromatic nitrogens is 3. The van der Waals surface area contributed by atoms with Crippen LogP contribution in [0.3, 0.4) is 0 Å². The topological polar surface area (TPSA) is 56.7 Å². The molecule has 0 bridgehead atoms. The van der Waals surface area contributed by atoms with Gasteiger partial charge in [0.05, 0.1) is 11.0 Å². The number of nitrogens with zero attached hydrogens (tertiary/aromatic N) is 3. The molecule has 2 rings (SSSR count). The van der Waals surface area contributed by atoms with Gasteiger partial charge in [-0.25, -0.2) is 9.07 Å². The van der Waals surface area contributed by atoms with E-state index in [0.29, 0.717) is 15.8 Å². The first-order valence-corrected chi connectivity index (χ1v) is 5.95. The number of nitrogen functional groups attached to an aromatic ring is 1. The first kappa shape index (κ1) is 11.5. The number of nitrogens with two attached hydrogens (primary N) is 1. The van der Waals surface area contributed by atoms with Crippen molar-refractivity contribution in [2.24, 2.45) is 0 Å². The van der Waals surface area contributed by atoms with Gasteiger partial charge in [0.15, 0.2) is 4.73 Å². The van der Waals surface area contributed by atoms with Gasteiger partial charge < -0.3 is 5.73 Å². The van der Waals surface area contributed by atoms with Crippen molar-refractivity contribution in [2.75, 3.05) is 5.73 Å². The SMILES string of the molecule is Nc1nc(Br)n(Cc2cccc(F)c2Br)n1. The molecule has 16 heavy (non-hydrogen) atoms. The van der Waals surface area contributed by atoms with Gasteiger partial charge >= 0.3 is 0 Å². The minimum absolute atomic E-state index is 0.180. The third-order valence-electron chi connectivity index (χ3n) is 1.99. The van der Waals surface area contributed by atoms with Gasteiger partial charge in [0.2, 0.25) is 5.95 Å². The summed E-state index contributed by atoms with van der Waals surface area (Å²) in [6.07, 6.45) is 0. The predicted molar refractivity (Wildman–Crippen MR) is 65.3 cm³/mol. The van der Waals surface area contributed by atoms with E-state index < -0.39 is 0 Å². The van der Waals surface area contributed by atoms with Crippen LogP contribution in [0.2, 0.25) is 0 Å². The van der Waals surface area contributed by atoms with E-state index in [1.807, 2.05) is 0 Å². The summed E-state index contributed by atoms with van der Waals surface area (Å²) in [5.41, 5.74) is 6.21. The smallest absolute Gasteiger partial charge is 0.240 e. The predicted octanol–water partition coefficient (Wildman–Crippen LogP) is 2.57. The zero-order valence-electron chi connectivity index (χ0n) is 7.99. The lowest BCUT2D eigenvalue weighted by atomic mass is 10.2. The van der Waals surface area contributed by atoms with Crippen LogP contribution in [0.4, 0.5) is 10.3 Å². The molecule has 84 valence electrons. The maximum atomic E-state index is 13.3. The van der Waals surface area contributed by atoms with Crippen molar-refractivity contribution in [2.45, 2.75) is 6.54 Å². The Morgan fingerprint density at radius 2 is 2.12 bits per heavy atom.